The van der Waals surface area contributed by atoms with Gasteiger partial charge in [-0.3, -0.25) is 0 Å². The van der Waals surface area contributed by atoms with Gasteiger partial charge in [0.25, 0.3) is 0 Å². The summed E-state index contributed by atoms with van der Waals surface area (Å²) in [4.78, 5) is 4.81. The fourth-order valence-corrected chi connectivity index (χ4v) is 2.52. The molecule has 2 nitrogen and oxygen atoms in total. The molecule has 0 fully saturated rings. The Morgan fingerprint density at radius 1 is 1.00 bits per heavy atom. The van der Waals surface area contributed by atoms with Gasteiger partial charge >= 0.3 is 112 Å². The molecule has 1 aromatic rings. The normalized spacial score (nSPS) is 12.6. The summed E-state index contributed by atoms with van der Waals surface area (Å²) < 4.78 is 4.26. The molecule has 1 rings (SSSR count). The molecule has 0 unspecified atom stereocenters. The van der Waals surface area contributed by atoms with Crippen LogP contribution in [-0.2, 0) is 25.2 Å². The molecule has 99 valence electrons. The average Bonchev–Trinajstić information content (AvgIpc) is 2.15. The van der Waals surface area contributed by atoms with E-state index in [1.807, 2.05) is 12.1 Å². The van der Waals surface area contributed by atoms with E-state index in [-0.39, 0.29) is 5.41 Å². The summed E-state index contributed by atoms with van der Waals surface area (Å²) in [7, 11) is 0. The van der Waals surface area contributed by atoms with Crippen LogP contribution in [-0.4, -0.2) is 0 Å². The molecule has 0 aromatic heterocycles. The van der Waals surface area contributed by atoms with Gasteiger partial charge in [-0.2, -0.15) is 0 Å². The molecule has 0 heterocycles. The molecule has 17 heavy (non-hydrogen) atoms. The van der Waals surface area contributed by atoms with Crippen molar-refractivity contribution in [2.24, 2.45) is 5.41 Å². The van der Waals surface area contributed by atoms with Gasteiger partial charge in [-0.05, 0) is 0 Å². The van der Waals surface area contributed by atoms with Crippen molar-refractivity contribution in [3.8, 4) is 5.75 Å². The minimum absolute atomic E-state index is 0.147. The van der Waals surface area contributed by atoms with Gasteiger partial charge in [0.05, 0.1) is 0 Å². The first-order valence-electron chi connectivity index (χ1n) is 5.78. The zero-order valence-corrected chi connectivity index (χ0v) is 12.1. The van der Waals surface area contributed by atoms with E-state index in [1.165, 1.54) is 5.56 Å². The van der Waals surface area contributed by atoms with E-state index >= 15 is 0 Å². The maximum absolute atomic E-state index is 4.81. The molecular formula is C14H21NiO2. The zero-order valence-electron chi connectivity index (χ0n) is 11.1. The van der Waals surface area contributed by atoms with E-state index in [0.29, 0.717) is 11.2 Å². The summed E-state index contributed by atoms with van der Waals surface area (Å²) in [5, 5.41) is 0. The summed E-state index contributed by atoms with van der Waals surface area (Å²) >= 11 is 4.01. The van der Waals surface area contributed by atoms with Crippen molar-refractivity contribution < 1.29 is 24.7 Å². The fourth-order valence-electron chi connectivity index (χ4n) is 2.42. The molecule has 0 aliphatic rings. The van der Waals surface area contributed by atoms with Crippen LogP contribution in [0.1, 0.15) is 46.6 Å². The Morgan fingerprint density at radius 2 is 1.53 bits per heavy atom. The molecule has 0 bridgehead atoms. The number of rotatable bonds is 4. The summed E-state index contributed by atoms with van der Waals surface area (Å²) in [6.45, 7) is 11.3. The number of benzene rings is 1. The first-order chi connectivity index (χ1) is 7.74. The minimum atomic E-state index is 0.147. The maximum atomic E-state index is 4.81. The van der Waals surface area contributed by atoms with Gasteiger partial charge in [0.2, 0.25) is 0 Å². The topological polar surface area (TPSA) is 18.5 Å². The Bertz CT molecular complexity index is 349. The summed E-state index contributed by atoms with van der Waals surface area (Å²) in [6.07, 6.45) is 1.12. The second-order valence-corrected chi connectivity index (χ2v) is 6.45. The third-order valence-electron chi connectivity index (χ3n) is 2.73. The number of hydrogen-bond acceptors (Lipinski definition) is 2. The SMILES string of the molecule is CC(C)(C)CC(C)(C)c1ccc(O[O][Ni])cc1. The summed E-state index contributed by atoms with van der Waals surface area (Å²) in [5.74, 6) is 0.645. The van der Waals surface area contributed by atoms with Gasteiger partial charge in [-0.15, -0.1) is 0 Å². The standard InChI is InChI=1S/C14H22O2.Ni/c1-13(2,3)10-14(4,5)11-6-8-12(16-15)9-7-11;/h6-9,15H,10H2,1-5H3;/q;+1/p-1. The molecule has 0 saturated carbocycles. The summed E-state index contributed by atoms with van der Waals surface area (Å²) in [5.41, 5.74) is 1.76. The Balaban J connectivity index is 2.84. The Kier molecular flexibility index (Phi) is 4.63. The first-order valence-corrected chi connectivity index (χ1v) is 6.18. The molecule has 0 aliphatic heterocycles. The van der Waals surface area contributed by atoms with E-state index < -0.39 is 0 Å². The third-order valence-corrected chi connectivity index (χ3v) is 2.81. The zero-order chi connectivity index (χ0) is 13.1. The molecule has 0 radical (unpaired) electrons. The van der Waals surface area contributed by atoms with E-state index in [9.17, 15) is 0 Å². The fraction of sp³-hybridized carbons (Fsp3) is 0.571. The summed E-state index contributed by atoms with van der Waals surface area (Å²) in [6, 6.07) is 7.91. The van der Waals surface area contributed by atoms with Crippen LogP contribution in [0.5, 0.6) is 5.75 Å². The van der Waals surface area contributed by atoms with Crippen LogP contribution in [0, 0.1) is 5.41 Å². The van der Waals surface area contributed by atoms with Gasteiger partial charge in [-0.25, -0.2) is 0 Å². The second kappa shape index (κ2) is 5.41. The van der Waals surface area contributed by atoms with E-state index in [2.05, 4.69) is 66.6 Å². The van der Waals surface area contributed by atoms with E-state index in [1.54, 1.807) is 0 Å². The van der Waals surface area contributed by atoms with Crippen LogP contribution < -0.4 is 4.89 Å². The predicted molar refractivity (Wildman–Crippen MR) is 65.3 cm³/mol. The van der Waals surface area contributed by atoms with Gasteiger partial charge < -0.3 is 0 Å². The van der Waals surface area contributed by atoms with Crippen LogP contribution in [0.2, 0.25) is 0 Å². The van der Waals surface area contributed by atoms with Crippen molar-refractivity contribution in [3.63, 3.8) is 0 Å². The van der Waals surface area contributed by atoms with Crippen molar-refractivity contribution in [2.75, 3.05) is 0 Å². The molecule has 0 amide bonds. The van der Waals surface area contributed by atoms with Crippen LogP contribution in [0.4, 0.5) is 0 Å². The predicted octanol–water partition coefficient (Wildman–Crippen LogP) is 4.17. The Labute approximate surface area is 112 Å². The van der Waals surface area contributed by atoms with Gasteiger partial charge in [-0.1, -0.05) is 0 Å². The van der Waals surface area contributed by atoms with Gasteiger partial charge in [0.1, 0.15) is 0 Å². The molecular weight excluding hydrogens is 259 g/mol. The van der Waals surface area contributed by atoms with Gasteiger partial charge in [0, 0.05) is 0 Å². The van der Waals surface area contributed by atoms with Crippen molar-refractivity contribution in [2.45, 2.75) is 46.5 Å². The first kappa shape index (κ1) is 14.5. The van der Waals surface area contributed by atoms with Crippen LogP contribution >= 0.6 is 0 Å². The molecule has 1 aromatic carbocycles. The average molecular weight is 280 g/mol. The molecule has 0 aliphatic carbocycles. The van der Waals surface area contributed by atoms with Crippen LogP contribution in [0.3, 0.4) is 0 Å². The molecule has 0 atom stereocenters. The van der Waals surface area contributed by atoms with E-state index in [4.69, 9.17) is 4.89 Å². The monoisotopic (exact) mass is 279 g/mol. The number of hydrogen-bond donors (Lipinski definition) is 0. The van der Waals surface area contributed by atoms with Crippen LogP contribution in [0.15, 0.2) is 24.3 Å². The second-order valence-electron chi connectivity index (χ2n) is 6.28. The quantitative estimate of drug-likeness (QED) is 0.468. The van der Waals surface area contributed by atoms with Crippen molar-refractivity contribution in [3.05, 3.63) is 29.8 Å². The van der Waals surface area contributed by atoms with Gasteiger partial charge in [0.15, 0.2) is 0 Å². The Hall–Kier alpha value is -0.526. The molecule has 0 N–H and O–H groups in total. The molecule has 0 spiro atoms. The van der Waals surface area contributed by atoms with Crippen molar-refractivity contribution in [1.29, 1.82) is 0 Å². The molecule has 0 saturated heterocycles. The van der Waals surface area contributed by atoms with E-state index in [0.717, 1.165) is 6.42 Å². The van der Waals surface area contributed by atoms with Crippen molar-refractivity contribution >= 4 is 0 Å². The van der Waals surface area contributed by atoms with Crippen molar-refractivity contribution in [1.82, 2.24) is 0 Å². The Morgan fingerprint density at radius 3 is 1.94 bits per heavy atom. The van der Waals surface area contributed by atoms with Crippen LogP contribution in [0.25, 0.3) is 0 Å². The third kappa shape index (κ3) is 4.69. The molecule has 3 heteroatoms.